The first-order chi connectivity index (χ1) is 49.2. The highest BCUT2D eigenvalue weighted by molar-refractivity contribution is 7.14. The molecular weight excluding hydrogens is 1350 g/mol. The van der Waals surface area contributed by atoms with E-state index in [9.17, 15) is 29.1 Å². The Bertz CT molecular complexity index is 4390. The normalized spacial score (nSPS) is 19.2. The summed E-state index contributed by atoms with van der Waals surface area (Å²) >= 11 is 4.69. The van der Waals surface area contributed by atoms with E-state index in [1.807, 2.05) is 182 Å². The van der Waals surface area contributed by atoms with Crippen LogP contribution in [-0.2, 0) is 59.7 Å². The number of nitrogens with zero attached hydrogens (tertiary/aromatic N) is 9. The van der Waals surface area contributed by atoms with Crippen LogP contribution >= 0.6 is 34.0 Å². The Hall–Kier alpha value is -9.40. The molecular formula is C77H86N12O10S3. The summed E-state index contributed by atoms with van der Waals surface area (Å²) in [6.07, 6.45) is 2.54. The zero-order valence-corrected chi connectivity index (χ0v) is 61.1. The Morgan fingerprint density at radius 3 is 1.39 bits per heavy atom. The molecule has 8 heterocycles. The standard InChI is InChI=1S/C77H86N12O10S3/c1-43(2)65(52-13-11-10-12-14-52)75(94)88-36-58(28-62(88)72(92)81-31-50-17-23-54(24-18-50)69-47(8)84-41-101-69)97-38-56-39-98-74(86-56)67(45(5)6)77(96)89-37-59(29-63(89)73(93)82-32-51-19-25-55(26-20-51)70-48(9)85-42-102-70)99-64-34-78-60(33-79-64)66(44(3)4)76(95)87-35-57(90)27-61(87)71(91)80-30-49-15-21-53(22-16-49)68-46(7)83-40-100-68/h10-26,33-34,39-45,57-59,61-63,65-67,90H,27-32,35-38H2,1-9H3,(H,80,91)(H,81,92)(H,82,93)/t57-,58-,59-,61+,62+,63+,65-,66-,67-/m1/s1. The molecule has 12 rings (SSSR count). The molecule has 0 saturated carbocycles. The molecule has 25 heteroatoms. The molecule has 532 valence electrons. The molecule has 0 spiro atoms. The number of aryl methyl sites for hydroxylation is 3. The van der Waals surface area contributed by atoms with E-state index < -0.39 is 66.0 Å². The van der Waals surface area contributed by atoms with E-state index in [1.165, 1.54) is 28.5 Å². The molecule has 5 aromatic heterocycles. The molecule has 4 aromatic carbocycles. The molecule has 0 aliphatic carbocycles. The van der Waals surface area contributed by atoms with Gasteiger partial charge in [-0.1, -0.05) is 145 Å². The molecule has 102 heavy (non-hydrogen) atoms. The first kappa shape index (κ1) is 72.4. The van der Waals surface area contributed by atoms with Crippen LogP contribution in [0.4, 0.5) is 0 Å². The number of oxazole rings is 1. The third kappa shape index (κ3) is 16.6. The number of amides is 6. The lowest BCUT2D eigenvalue weighted by molar-refractivity contribution is -0.141. The van der Waals surface area contributed by atoms with Gasteiger partial charge in [-0.2, -0.15) is 0 Å². The summed E-state index contributed by atoms with van der Waals surface area (Å²) in [7, 11) is 0. The molecule has 4 N–H and O–H groups in total. The van der Waals surface area contributed by atoms with E-state index in [1.54, 1.807) is 38.9 Å². The van der Waals surface area contributed by atoms with Crippen LogP contribution in [-0.4, -0.2) is 141 Å². The number of aliphatic hydroxyl groups is 1. The fourth-order valence-electron chi connectivity index (χ4n) is 14.0. The molecule has 3 saturated heterocycles. The zero-order chi connectivity index (χ0) is 71.9. The van der Waals surface area contributed by atoms with E-state index >= 15 is 4.79 Å². The Labute approximate surface area is 605 Å². The lowest BCUT2D eigenvalue weighted by atomic mass is 9.87. The van der Waals surface area contributed by atoms with Crippen LogP contribution in [0.1, 0.15) is 135 Å². The summed E-state index contributed by atoms with van der Waals surface area (Å²) in [5.74, 6) is -4.81. The number of benzene rings is 4. The second kappa shape index (κ2) is 32.3. The zero-order valence-electron chi connectivity index (χ0n) is 58.6. The Kier molecular flexibility index (Phi) is 22.9. The highest BCUT2D eigenvalue weighted by Gasteiger charge is 2.47. The highest BCUT2D eigenvalue weighted by atomic mass is 32.1. The minimum Gasteiger partial charge on any atom is -0.471 e. The minimum absolute atomic E-state index is 0.0120. The summed E-state index contributed by atoms with van der Waals surface area (Å²) in [4.78, 5) is 123. The van der Waals surface area contributed by atoms with E-state index in [0.29, 0.717) is 11.4 Å². The Balaban J connectivity index is 0.724. The lowest BCUT2D eigenvalue weighted by Crippen LogP contribution is -2.48. The van der Waals surface area contributed by atoms with E-state index in [-0.39, 0.29) is 118 Å². The van der Waals surface area contributed by atoms with Crippen molar-refractivity contribution >= 4 is 69.5 Å². The van der Waals surface area contributed by atoms with Gasteiger partial charge in [0.2, 0.25) is 47.2 Å². The van der Waals surface area contributed by atoms with Gasteiger partial charge in [0.05, 0.1) is 104 Å². The largest absolute Gasteiger partial charge is 0.471 e. The minimum atomic E-state index is -0.995. The summed E-state index contributed by atoms with van der Waals surface area (Å²) in [6, 6.07) is 30.7. The van der Waals surface area contributed by atoms with Crippen molar-refractivity contribution in [2.75, 3.05) is 19.6 Å². The average Bonchev–Trinajstić information content (AvgIpc) is 1.66. The van der Waals surface area contributed by atoms with Crippen molar-refractivity contribution in [3.63, 3.8) is 0 Å². The number of nitrogens with one attached hydrogen (secondary N) is 3. The van der Waals surface area contributed by atoms with Gasteiger partial charge in [-0.25, -0.2) is 24.9 Å². The highest BCUT2D eigenvalue weighted by Crippen LogP contribution is 2.37. The molecule has 0 bridgehead atoms. The molecule has 9 atom stereocenters. The quantitative estimate of drug-likeness (QED) is 0.0392. The SMILES string of the molecule is Cc1ncsc1-c1ccc(CNC(=O)[C@@H]2C[C@@H](OCc3coc([C@H](C(=O)N4C[C@H](Oc5cnc([C@H](C(=O)N6C[C@H](O)C[C@H]6C(=O)NCc6ccc(-c7scnc7C)cc6)C(C)C)cn5)C[C@H]4C(=O)NCc4ccc(-c5scnc5C)cc4)C(C)C)n3)CN2C(=O)[C@@H](c2ccccc2)C(C)C)cc1. The van der Waals surface area contributed by atoms with Gasteiger partial charge in [0.25, 0.3) is 0 Å². The number of hydrogen-bond acceptors (Lipinski definition) is 19. The van der Waals surface area contributed by atoms with Gasteiger partial charge in [0.1, 0.15) is 42.1 Å². The summed E-state index contributed by atoms with van der Waals surface area (Å²) in [5, 5.41) is 20.1. The predicted molar refractivity (Wildman–Crippen MR) is 389 cm³/mol. The third-order valence-corrected chi connectivity index (χ3v) is 22.3. The van der Waals surface area contributed by atoms with Gasteiger partial charge < -0.3 is 49.6 Å². The fourth-order valence-corrected chi connectivity index (χ4v) is 16.4. The van der Waals surface area contributed by atoms with Crippen LogP contribution in [0.5, 0.6) is 5.88 Å². The topological polar surface area (TPSA) is 277 Å². The predicted octanol–water partition coefficient (Wildman–Crippen LogP) is 11.1. The number of aliphatic hydroxyl groups excluding tert-OH is 1. The monoisotopic (exact) mass is 1430 g/mol. The number of carbonyl (C=O) groups excluding carboxylic acids is 6. The van der Waals surface area contributed by atoms with Crippen molar-refractivity contribution in [1.29, 1.82) is 0 Å². The summed E-state index contributed by atoms with van der Waals surface area (Å²) in [6.45, 7) is 18.2. The maximum absolute atomic E-state index is 15.3. The van der Waals surface area contributed by atoms with Gasteiger partial charge in [-0.15, -0.1) is 34.0 Å². The van der Waals surface area contributed by atoms with Crippen LogP contribution in [0.25, 0.3) is 31.3 Å². The molecule has 9 aromatic rings. The fraction of sp³-hybridized carbons (Fsp3) is 0.403. The van der Waals surface area contributed by atoms with Crippen molar-refractivity contribution in [3.8, 4) is 37.2 Å². The summed E-state index contributed by atoms with van der Waals surface area (Å²) in [5.41, 5.74) is 15.6. The van der Waals surface area contributed by atoms with E-state index in [2.05, 4.69) is 35.9 Å². The maximum atomic E-state index is 15.3. The number of likely N-dealkylation sites (tertiary alicyclic amines) is 3. The van der Waals surface area contributed by atoms with E-state index in [0.717, 1.165) is 70.7 Å². The first-order valence-electron chi connectivity index (χ1n) is 34.7. The first-order valence-corrected chi connectivity index (χ1v) is 37.3. The Morgan fingerprint density at radius 1 is 0.520 bits per heavy atom. The number of β-amino-alcohol motifs (C(OH)–C–C–N with tert-alkyl or cyclic N) is 1. The van der Waals surface area contributed by atoms with Crippen LogP contribution < -0.4 is 20.7 Å². The lowest BCUT2D eigenvalue weighted by Gasteiger charge is -2.30. The number of hydrogen-bond donors (Lipinski definition) is 4. The molecule has 6 amide bonds. The number of carbonyl (C=O) groups is 6. The van der Waals surface area contributed by atoms with Gasteiger partial charge in [0.15, 0.2) is 0 Å². The van der Waals surface area contributed by atoms with Gasteiger partial charge in [0, 0.05) is 52.0 Å². The molecule has 0 radical (unpaired) electrons. The molecule has 22 nitrogen and oxygen atoms in total. The van der Waals surface area contributed by atoms with Crippen molar-refractivity contribution in [2.24, 2.45) is 17.8 Å². The van der Waals surface area contributed by atoms with Crippen molar-refractivity contribution in [3.05, 3.63) is 195 Å². The second-order valence-electron chi connectivity index (χ2n) is 27.6. The van der Waals surface area contributed by atoms with Crippen molar-refractivity contribution < 1.29 is 47.8 Å². The summed E-state index contributed by atoms with van der Waals surface area (Å²) < 4.78 is 19.2. The number of rotatable bonds is 26. The molecule has 3 fully saturated rings. The van der Waals surface area contributed by atoms with Crippen LogP contribution in [0.2, 0.25) is 0 Å². The third-order valence-electron chi connectivity index (χ3n) is 19.4. The number of aromatic nitrogens is 6. The maximum Gasteiger partial charge on any atom is 0.243 e. The van der Waals surface area contributed by atoms with Crippen LogP contribution in [0.3, 0.4) is 0 Å². The average molecular weight is 1440 g/mol. The molecule has 3 aliphatic heterocycles. The number of thiazole rings is 3. The van der Waals surface area contributed by atoms with Crippen LogP contribution in [0.15, 0.2) is 143 Å². The van der Waals surface area contributed by atoms with Gasteiger partial charge in [-0.3, -0.25) is 33.8 Å². The Morgan fingerprint density at radius 2 is 0.951 bits per heavy atom. The van der Waals surface area contributed by atoms with Crippen LogP contribution in [0, 0.1) is 38.5 Å². The van der Waals surface area contributed by atoms with Gasteiger partial charge >= 0.3 is 0 Å². The second-order valence-corrected chi connectivity index (χ2v) is 30.2. The smallest absolute Gasteiger partial charge is 0.243 e. The van der Waals surface area contributed by atoms with E-state index in [4.69, 9.17) is 23.9 Å². The number of ether oxygens (including phenoxy) is 2. The van der Waals surface area contributed by atoms with Crippen molar-refractivity contribution in [1.82, 2.24) is 60.6 Å². The van der Waals surface area contributed by atoms with Crippen molar-refractivity contribution in [2.45, 2.75) is 162 Å². The molecule has 0 unspecified atom stereocenters. The van der Waals surface area contributed by atoms with Gasteiger partial charge in [-0.05, 0) is 77.5 Å². The molecule has 3 aliphatic rings.